The molecule has 142 valence electrons. The van der Waals surface area contributed by atoms with Gasteiger partial charge in [0, 0.05) is 26.0 Å². The van der Waals surface area contributed by atoms with Crippen LogP contribution in [0.25, 0.3) is 11.0 Å². The summed E-state index contributed by atoms with van der Waals surface area (Å²) in [5.41, 5.74) is 2.36. The predicted molar refractivity (Wildman–Crippen MR) is 107 cm³/mol. The Hall–Kier alpha value is -2.43. The van der Waals surface area contributed by atoms with Crippen molar-refractivity contribution in [3.05, 3.63) is 36.4 Å². The molecule has 1 aromatic heterocycles. The van der Waals surface area contributed by atoms with Gasteiger partial charge in [-0.2, -0.15) is 8.42 Å². The van der Waals surface area contributed by atoms with E-state index in [4.69, 9.17) is 0 Å². The average Bonchev–Trinajstić information content (AvgIpc) is 2.94. The number of thioether (sulfide) groups is 1. The molecule has 0 fully saturated rings. The number of para-hydroxylation sites is 2. The van der Waals surface area contributed by atoms with Gasteiger partial charge in [0.15, 0.2) is 0 Å². The smallest absolute Gasteiger partial charge is 0.296 e. The highest BCUT2D eigenvalue weighted by Crippen LogP contribution is 2.37. The highest BCUT2D eigenvalue weighted by atomic mass is 32.2. The molecule has 0 radical (unpaired) electrons. The van der Waals surface area contributed by atoms with E-state index in [0.717, 1.165) is 15.9 Å². The molecule has 3 rings (SSSR count). The zero-order valence-electron chi connectivity index (χ0n) is 15.3. The summed E-state index contributed by atoms with van der Waals surface area (Å²) < 4.78 is 35.1. The van der Waals surface area contributed by atoms with Gasteiger partial charge in [0.05, 0.1) is 16.7 Å². The fourth-order valence-corrected chi connectivity index (χ4v) is 3.96. The summed E-state index contributed by atoms with van der Waals surface area (Å²) in [7, 11) is 0.921. The van der Waals surface area contributed by atoms with Crippen molar-refractivity contribution in [3.8, 4) is 0 Å². The van der Waals surface area contributed by atoms with E-state index >= 15 is 0 Å². The van der Waals surface area contributed by atoms with Crippen molar-refractivity contribution in [2.75, 3.05) is 25.3 Å². The Balaban J connectivity index is 2.14. The van der Waals surface area contributed by atoms with Crippen molar-refractivity contribution in [1.29, 1.82) is 0 Å². The Morgan fingerprint density at radius 1 is 1.19 bits per heavy atom. The fourth-order valence-electron chi connectivity index (χ4n) is 2.66. The molecule has 0 unspecified atom stereocenters. The number of imidazole rings is 1. The van der Waals surface area contributed by atoms with Crippen LogP contribution in [0.2, 0.25) is 0 Å². The fraction of sp³-hybridized carbons (Fsp3) is 0.235. The summed E-state index contributed by atoms with van der Waals surface area (Å²) in [4.78, 5) is 6.67. The Labute approximate surface area is 161 Å². The lowest BCUT2D eigenvalue weighted by atomic mass is 10.2. The number of fused-ring (bicyclic) bond motifs is 1. The number of aromatic nitrogens is 2. The molecule has 1 heterocycles. The molecule has 0 aliphatic heterocycles. The van der Waals surface area contributed by atoms with Gasteiger partial charge in [-0.15, -0.1) is 22.0 Å². The summed E-state index contributed by atoms with van der Waals surface area (Å²) in [5.74, 6) is 0.333. The van der Waals surface area contributed by atoms with Crippen LogP contribution in [0.5, 0.6) is 0 Å². The zero-order chi connectivity index (χ0) is 19.8. The Morgan fingerprint density at radius 2 is 1.89 bits per heavy atom. The maximum atomic E-state index is 11.9. The summed E-state index contributed by atoms with van der Waals surface area (Å²) in [6.45, 7) is 0. The first-order chi connectivity index (χ1) is 12.7. The second kappa shape index (κ2) is 7.29. The number of azo groups is 1. The van der Waals surface area contributed by atoms with Crippen LogP contribution in [0.4, 0.5) is 17.3 Å². The average molecular weight is 406 g/mol. The van der Waals surface area contributed by atoms with Crippen LogP contribution < -0.4 is 4.90 Å². The van der Waals surface area contributed by atoms with Gasteiger partial charge in [0.25, 0.3) is 10.1 Å². The molecule has 0 saturated carbocycles. The summed E-state index contributed by atoms with van der Waals surface area (Å²) >= 11 is 1.45. The molecule has 0 spiro atoms. The predicted octanol–water partition coefficient (Wildman–Crippen LogP) is 4.02. The Morgan fingerprint density at radius 3 is 2.48 bits per heavy atom. The van der Waals surface area contributed by atoms with Crippen molar-refractivity contribution < 1.29 is 13.0 Å². The first-order valence-corrected chi connectivity index (χ1v) is 10.6. The van der Waals surface area contributed by atoms with E-state index in [1.54, 1.807) is 36.7 Å². The minimum absolute atomic E-state index is 0.0551. The van der Waals surface area contributed by atoms with Crippen LogP contribution >= 0.6 is 11.8 Å². The van der Waals surface area contributed by atoms with Crippen molar-refractivity contribution >= 4 is 50.2 Å². The monoisotopic (exact) mass is 405 g/mol. The van der Waals surface area contributed by atoms with E-state index in [2.05, 4.69) is 15.2 Å². The molecular formula is C17H19N5O3S2. The van der Waals surface area contributed by atoms with Gasteiger partial charge in [-0.25, -0.2) is 4.98 Å². The molecule has 10 heteroatoms. The molecule has 0 amide bonds. The summed E-state index contributed by atoms with van der Waals surface area (Å²) in [6.07, 6.45) is 1.88. The van der Waals surface area contributed by atoms with Crippen molar-refractivity contribution in [3.63, 3.8) is 0 Å². The SMILES string of the molecule is CSc1cc(N=Nc2nc3ccccc3n2C)c(S(=O)(=O)O)cc1N(C)C. The third kappa shape index (κ3) is 3.82. The maximum Gasteiger partial charge on any atom is 0.296 e. The van der Waals surface area contributed by atoms with Gasteiger partial charge in [-0.05, 0) is 30.5 Å². The third-order valence-corrected chi connectivity index (χ3v) is 5.68. The van der Waals surface area contributed by atoms with E-state index in [1.165, 1.54) is 17.8 Å². The van der Waals surface area contributed by atoms with Crippen molar-refractivity contribution in [2.24, 2.45) is 17.3 Å². The standard InChI is InChI=1S/C17H19N5O3S2/c1-21(2)14-10-16(27(23,24)25)12(9-15(14)26-4)19-20-17-18-11-7-5-6-8-13(11)22(17)3/h5-10H,1-4H3,(H,23,24,25). The molecule has 0 aliphatic rings. The largest absolute Gasteiger partial charge is 0.377 e. The number of aryl methyl sites for hydroxylation is 1. The topological polar surface area (TPSA) is 100 Å². The van der Waals surface area contributed by atoms with E-state index < -0.39 is 10.1 Å². The normalized spacial score (nSPS) is 12.2. The second-order valence-electron chi connectivity index (χ2n) is 6.02. The van der Waals surface area contributed by atoms with Crippen LogP contribution in [0, 0.1) is 0 Å². The number of hydrogen-bond acceptors (Lipinski definition) is 7. The molecule has 1 N–H and O–H groups in total. The minimum atomic E-state index is -4.47. The molecule has 8 nitrogen and oxygen atoms in total. The van der Waals surface area contributed by atoms with Crippen molar-refractivity contribution in [1.82, 2.24) is 9.55 Å². The maximum absolute atomic E-state index is 11.9. The summed E-state index contributed by atoms with van der Waals surface area (Å²) in [6, 6.07) is 10.5. The van der Waals surface area contributed by atoms with Gasteiger partial charge in [-0.3, -0.25) is 4.55 Å². The molecule has 2 aromatic carbocycles. The molecular weight excluding hydrogens is 386 g/mol. The van der Waals surface area contributed by atoms with Gasteiger partial charge < -0.3 is 9.47 Å². The Bertz CT molecular complexity index is 1140. The van der Waals surface area contributed by atoms with Gasteiger partial charge in [-0.1, -0.05) is 12.1 Å². The number of rotatable bonds is 5. The Kier molecular flexibility index (Phi) is 5.22. The summed E-state index contributed by atoms with van der Waals surface area (Å²) in [5, 5.41) is 8.19. The number of anilines is 1. The lowest BCUT2D eigenvalue weighted by Gasteiger charge is -2.18. The van der Waals surface area contributed by atoms with E-state index in [0.29, 0.717) is 11.6 Å². The van der Waals surface area contributed by atoms with Crippen LogP contribution in [0.1, 0.15) is 0 Å². The number of benzene rings is 2. The molecule has 0 saturated heterocycles. The third-order valence-electron chi connectivity index (χ3n) is 4.03. The van der Waals surface area contributed by atoms with Gasteiger partial charge in [0.1, 0.15) is 10.6 Å². The van der Waals surface area contributed by atoms with Gasteiger partial charge >= 0.3 is 0 Å². The van der Waals surface area contributed by atoms with Crippen LogP contribution in [0.3, 0.4) is 0 Å². The lowest BCUT2D eigenvalue weighted by Crippen LogP contribution is -2.11. The molecule has 0 bridgehead atoms. The molecule has 0 atom stereocenters. The quantitative estimate of drug-likeness (QED) is 0.391. The first kappa shape index (κ1) is 19.3. The number of nitrogens with zero attached hydrogens (tertiary/aromatic N) is 5. The van der Waals surface area contributed by atoms with Crippen LogP contribution in [0.15, 0.2) is 56.4 Å². The second-order valence-corrected chi connectivity index (χ2v) is 8.26. The van der Waals surface area contributed by atoms with Crippen molar-refractivity contribution in [2.45, 2.75) is 9.79 Å². The first-order valence-electron chi connectivity index (χ1n) is 7.92. The minimum Gasteiger partial charge on any atom is -0.377 e. The number of hydrogen-bond donors (Lipinski definition) is 1. The highest BCUT2D eigenvalue weighted by molar-refractivity contribution is 7.98. The molecule has 0 aliphatic carbocycles. The van der Waals surface area contributed by atoms with Crippen LogP contribution in [-0.2, 0) is 17.2 Å². The van der Waals surface area contributed by atoms with Gasteiger partial charge in [0.2, 0.25) is 5.95 Å². The highest BCUT2D eigenvalue weighted by Gasteiger charge is 2.20. The zero-order valence-corrected chi connectivity index (χ0v) is 16.9. The van der Waals surface area contributed by atoms with E-state index in [-0.39, 0.29) is 10.6 Å². The van der Waals surface area contributed by atoms with E-state index in [9.17, 15) is 13.0 Å². The molecule has 27 heavy (non-hydrogen) atoms. The lowest BCUT2D eigenvalue weighted by molar-refractivity contribution is 0.483. The van der Waals surface area contributed by atoms with E-state index in [1.807, 2.05) is 30.5 Å². The molecule has 3 aromatic rings. The van der Waals surface area contributed by atoms with Crippen LogP contribution in [-0.4, -0.2) is 42.9 Å².